The van der Waals surface area contributed by atoms with Gasteiger partial charge in [0.15, 0.2) is 0 Å². The molecule has 5 heteroatoms. The Morgan fingerprint density at radius 1 is 1.33 bits per heavy atom. The molecule has 0 unspecified atom stereocenters. The summed E-state index contributed by atoms with van der Waals surface area (Å²) in [5.74, 6) is 0. The predicted molar refractivity (Wildman–Crippen MR) is 66.0 cm³/mol. The fourth-order valence-electron chi connectivity index (χ4n) is 2.67. The van der Waals surface area contributed by atoms with Gasteiger partial charge in [0.1, 0.15) is 5.60 Å². The van der Waals surface area contributed by atoms with Gasteiger partial charge in [-0.25, -0.2) is 4.79 Å². The molecule has 0 atom stereocenters. The van der Waals surface area contributed by atoms with E-state index in [0.717, 1.165) is 31.5 Å². The summed E-state index contributed by atoms with van der Waals surface area (Å²) >= 11 is 0. The average Bonchev–Trinajstić information content (AvgIpc) is 2.68. The largest absolute Gasteiger partial charge is 0.441 e. The Bertz CT molecular complexity index is 429. The van der Waals surface area contributed by atoms with E-state index in [0.29, 0.717) is 13.1 Å². The Labute approximate surface area is 106 Å². The summed E-state index contributed by atoms with van der Waals surface area (Å²) in [7, 11) is 0. The second-order valence-corrected chi connectivity index (χ2v) is 5.01. The molecule has 1 amide bonds. The molecule has 2 fully saturated rings. The highest BCUT2D eigenvalue weighted by Gasteiger charge is 2.45. The standard InChI is InChI=1S/C13H17N3O2/c17-12-16(9-11-1-5-14-6-2-11)10-13(18-12)3-7-15-8-4-13/h1-2,5-6,15H,3-4,7-10H2. The molecule has 1 aromatic heterocycles. The van der Waals surface area contributed by atoms with Gasteiger partial charge in [0, 0.05) is 31.8 Å². The molecule has 3 heterocycles. The molecule has 2 aliphatic rings. The molecule has 0 saturated carbocycles. The lowest BCUT2D eigenvalue weighted by atomic mass is 9.92. The van der Waals surface area contributed by atoms with Crippen molar-refractivity contribution in [1.82, 2.24) is 15.2 Å². The zero-order valence-electron chi connectivity index (χ0n) is 10.3. The fraction of sp³-hybridized carbons (Fsp3) is 0.538. The summed E-state index contributed by atoms with van der Waals surface area (Å²) in [5.41, 5.74) is 0.836. The maximum Gasteiger partial charge on any atom is 0.410 e. The van der Waals surface area contributed by atoms with Crippen molar-refractivity contribution in [1.29, 1.82) is 0 Å². The van der Waals surface area contributed by atoms with Crippen molar-refractivity contribution >= 4 is 6.09 Å². The van der Waals surface area contributed by atoms with E-state index >= 15 is 0 Å². The van der Waals surface area contributed by atoms with Crippen molar-refractivity contribution in [2.45, 2.75) is 25.0 Å². The summed E-state index contributed by atoms with van der Waals surface area (Å²) in [4.78, 5) is 17.7. The second kappa shape index (κ2) is 4.57. The number of piperidine rings is 1. The minimum Gasteiger partial charge on any atom is -0.441 e. The zero-order chi connectivity index (χ0) is 12.4. The van der Waals surface area contributed by atoms with Crippen molar-refractivity contribution < 1.29 is 9.53 Å². The molecule has 96 valence electrons. The highest BCUT2D eigenvalue weighted by Crippen LogP contribution is 2.31. The van der Waals surface area contributed by atoms with Crippen molar-refractivity contribution in [2.75, 3.05) is 19.6 Å². The molecule has 3 rings (SSSR count). The molecular formula is C13H17N3O2. The van der Waals surface area contributed by atoms with Crippen LogP contribution in [0.4, 0.5) is 4.79 Å². The topological polar surface area (TPSA) is 54.5 Å². The molecule has 0 bridgehead atoms. The molecule has 18 heavy (non-hydrogen) atoms. The number of carbonyl (C=O) groups is 1. The number of hydrogen-bond acceptors (Lipinski definition) is 4. The van der Waals surface area contributed by atoms with E-state index in [2.05, 4.69) is 10.3 Å². The number of amides is 1. The molecule has 1 N–H and O–H groups in total. The second-order valence-electron chi connectivity index (χ2n) is 5.01. The summed E-state index contributed by atoms with van der Waals surface area (Å²) in [5, 5.41) is 3.30. The smallest absolute Gasteiger partial charge is 0.410 e. The van der Waals surface area contributed by atoms with E-state index in [1.165, 1.54) is 0 Å². The third kappa shape index (κ3) is 2.18. The van der Waals surface area contributed by atoms with Crippen molar-refractivity contribution in [3.05, 3.63) is 30.1 Å². The van der Waals surface area contributed by atoms with Crippen LogP contribution in [-0.4, -0.2) is 41.2 Å². The van der Waals surface area contributed by atoms with Crippen LogP contribution in [0, 0.1) is 0 Å². The van der Waals surface area contributed by atoms with Crippen LogP contribution in [0.1, 0.15) is 18.4 Å². The lowest BCUT2D eigenvalue weighted by Gasteiger charge is -2.31. The number of nitrogens with zero attached hydrogens (tertiary/aromatic N) is 2. The van der Waals surface area contributed by atoms with Crippen LogP contribution in [-0.2, 0) is 11.3 Å². The molecule has 1 spiro atoms. The first-order chi connectivity index (χ1) is 8.77. The zero-order valence-corrected chi connectivity index (χ0v) is 10.3. The molecule has 0 aromatic carbocycles. The first-order valence-corrected chi connectivity index (χ1v) is 6.35. The van der Waals surface area contributed by atoms with Crippen LogP contribution in [0.3, 0.4) is 0 Å². The average molecular weight is 247 g/mol. The van der Waals surface area contributed by atoms with Gasteiger partial charge in [-0.3, -0.25) is 9.88 Å². The van der Waals surface area contributed by atoms with Gasteiger partial charge in [-0.1, -0.05) is 0 Å². The molecule has 0 radical (unpaired) electrons. The Kier molecular flexibility index (Phi) is 2.91. The van der Waals surface area contributed by atoms with E-state index in [-0.39, 0.29) is 11.7 Å². The number of nitrogens with one attached hydrogen (secondary N) is 1. The minimum absolute atomic E-state index is 0.186. The van der Waals surface area contributed by atoms with Gasteiger partial charge < -0.3 is 10.1 Å². The van der Waals surface area contributed by atoms with Gasteiger partial charge in [-0.15, -0.1) is 0 Å². The van der Waals surface area contributed by atoms with E-state index in [9.17, 15) is 4.79 Å². The number of hydrogen-bond donors (Lipinski definition) is 1. The van der Waals surface area contributed by atoms with Crippen LogP contribution in [0.2, 0.25) is 0 Å². The molecular weight excluding hydrogens is 230 g/mol. The van der Waals surface area contributed by atoms with E-state index in [1.54, 1.807) is 17.3 Å². The Balaban J connectivity index is 1.69. The van der Waals surface area contributed by atoms with E-state index in [1.807, 2.05) is 12.1 Å². The van der Waals surface area contributed by atoms with Gasteiger partial charge in [0.2, 0.25) is 0 Å². The molecule has 1 aromatic rings. The first kappa shape index (κ1) is 11.5. The van der Waals surface area contributed by atoms with Gasteiger partial charge in [-0.2, -0.15) is 0 Å². The quantitative estimate of drug-likeness (QED) is 0.852. The number of aromatic nitrogens is 1. The van der Waals surface area contributed by atoms with Crippen molar-refractivity contribution in [3.8, 4) is 0 Å². The van der Waals surface area contributed by atoms with Crippen LogP contribution in [0.25, 0.3) is 0 Å². The van der Waals surface area contributed by atoms with Crippen LogP contribution in [0.5, 0.6) is 0 Å². The highest BCUT2D eigenvalue weighted by molar-refractivity contribution is 5.70. The van der Waals surface area contributed by atoms with E-state index < -0.39 is 0 Å². The van der Waals surface area contributed by atoms with Gasteiger partial charge in [0.25, 0.3) is 0 Å². The Morgan fingerprint density at radius 2 is 2.06 bits per heavy atom. The summed E-state index contributed by atoms with van der Waals surface area (Å²) in [6.45, 7) is 3.17. The SMILES string of the molecule is O=C1OC2(CCNCC2)CN1Cc1ccncc1. The lowest BCUT2D eigenvalue weighted by Crippen LogP contribution is -2.44. The van der Waals surface area contributed by atoms with Gasteiger partial charge in [0.05, 0.1) is 6.54 Å². The van der Waals surface area contributed by atoms with Crippen LogP contribution in [0.15, 0.2) is 24.5 Å². The Hall–Kier alpha value is -1.62. The fourth-order valence-corrected chi connectivity index (χ4v) is 2.67. The predicted octanol–water partition coefficient (Wildman–Crippen LogP) is 1.16. The maximum absolute atomic E-state index is 11.9. The third-order valence-electron chi connectivity index (χ3n) is 3.68. The minimum atomic E-state index is -0.255. The monoisotopic (exact) mass is 247 g/mol. The van der Waals surface area contributed by atoms with Crippen LogP contribution < -0.4 is 5.32 Å². The lowest BCUT2D eigenvalue weighted by molar-refractivity contribution is 0.0316. The van der Waals surface area contributed by atoms with E-state index in [4.69, 9.17) is 4.74 Å². The molecule has 2 aliphatic heterocycles. The van der Waals surface area contributed by atoms with Crippen molar-refractivity contribution in [3.63, 3.8) is 0 Å². The number of carbonyl (C=O) groups excluding carboxylic acids is 1. The van der Waals surface area contributed by atoms with Gasteiger partial charge >= 0.3 is 6.09 Å². The molecule has 2 saturated heterocycles. The van der Waals surface area contributed by atoms with Gasteiger partial charge in [-0.05, 0) is 30.8 Å². The first-order valence-electron chi connectivity index (χ1n) is 6.35. The molecule has 0 aliphatic carbocycles. The van der Waals surface area contributed by atoms with Crippen LogP contribution >= 0.6 is 0 Å². The number of pyridine rings is 1. The summed E-state index contributed by atoms with van der Waals surface area (Å²) < 4.78 is 5.61. The third-order valence-corrected chi connectivity index (χ3v) is 3.68. The number of ether oxygens (including phenoxy) is 1. The van der Waals surface area contributed by atoms with Crippen molar-refractivity contribution in [2.24, 2.45) is 0 Å². The Morgan fingerprint density at radius 3 is 2.78 bits per heavy atom. The normalized spacial score (nSPS) is 22.2. The number of rotatable bonds is 2. The summed E-state index contributed by atoms with van der Waals surface area (Å²) in [6, 6.07) is 3.86. The highest BCUT2D eigenvalue weighted by atomic mass is 16.6. The summed E-state index contributed by atoms with van der Waals surface area (Å²) in [6.07, 6.45) is 5.12. The molecule has 5 nitrogen and oxygen atoms in total. The maximum atomic E-state index is 11.9.